The molecule has 0 N–H and O–H groups in total. The molecular formula is C5H9NaS3. The Kier molecular flexibility index (Phi) is 8.28. The first-order chi connectivity index (χ1) is 3.93. The topological polar surface area (TPSA) is 0 Å². The molecule has 0 aromatic rings. The standard InChI is InChI=1S/C5H10S3.Na/c6-3-5-4-7-1-2-8-5;/h5-6H,1-4H2;/q;+1/p-1. The minimum atomic E-state index is 0. The molecule has 0 aromatic heterocycles. The van der Waals surface area contributed by atoms with Crippen LogP contribution in [0.15, 0.2) is 0 Å². The molecule has 1 unspecified atom stereocenters. The van der Waals surface area contributed by atoms with Crippen LogP contribution in [0.1, 0.15) is 0 Å². The van der Waals surface area contributed by atoms with E-state index in [2.05, 4.69) is 0 Å². The molecule has 0 aliphatic carbocycles. The molecule has 4 heteroatoms. The van der Waals surface area contributed by atoms with Gasteiger partial charge in [-0.2, -0.15) is 29.3 Å². The van der Waals surface area contributed by atoms with Gasteiger partial charge < -0.3 is 12.6 Å². The fourth-order valence-electron chi connectivity index (χ4n) is 0.633. The zero-order valence-electron chi connectivity index (χ0n) is 5.63. The second kappa shape index (κ2) is 6.74. The molecular weight excluding hydrogens is 179 g/mol. The van der Waals surface area contributed by atoms with Gasteiger partial charge in [-0.15, -0.1) is 0 Å². The Bertz CT molecular complexity index is 63.2. The maximum atomic E-state index is 4.94. The number of rotatable bonds is 1. The Balaban J connectivity index is 0.000000640. The van der Waals surface area contributed by atoms with E-state index in [-0.39, 0.29) is 29.6 Å². The van der Waals surface area contributed by atoms with E-state index >= 15 is 0 Å². The van der Waals surface area contributed by atoms with Crippen molar-refractivity contribution in [2.45, 2.75) is 5.25 Å². The van der Waals surface area contributed by atoms with Crippen molar-refractivity contribution in [2.24, 2.45) is 0 Å². The molecule has 0 amide bonds. The van der Waals surface area contributed by atoms with Crippen LogP contribution in [0.25, 0.3) is 0 Å². The summed E-state index contributed by atoms with van der Waals surface area (Å²) in [5.41, 5.74) is 0. The molecule has 0 spiro atoms. The van der Waals surface area contributed by atoms with Gasteiger partial charge in [0.15, 0.2) is 0 Å². The first-order valence-corrected chi connectivity index (χ1v) is 5.49. The summed E-state index contributed by atoms with van der Waals surface area (Å²) in [4.78, 5) is 0. The van der Waals surface area contributed by atoms with Gasteiger partial charge in [-0.3, -0.25) is 0 Å². The smallest absolute Gasteiger partial charge is 0.792 e. The van der Waals surface area contributed by atoms with E-state index in [9.17, 15) is 0 Å². The molecule has 48 valence electrons. The molecule has 0 bridgehead atoms. The monoisotopic (exact) mass is 188 g/mol. The van der Waals surface area contributed by atoms with Gasteiger partial charge in [0.1, 0.15) is 0 Å². The van der Waals surface area contributed by atoms with Crippen LogP contribution < -0.4 is 29.6 Å². The van der Waals surface area contributed by atoms with Crippen molar-refractivity contribution in [1.29, 1.82) is 0 Å². The predicted molar refractivity (Wildman–Crippen MR) is 45.8 cm³/mol. The fraction of sp³-hybridized carbons (Fsp3) is 1.00. The van der Waals surface area contributed by atoms with Crippen LogP contribution in [0.3, 0.4) is 0 Å². The number of thioether (sulfide) groups is 2. The van der Waals surface area contributed by atoms with Gasteiger partial charge >= 0.3 is 29.6 Å². The summed E-state index contributed by atoms with van der Waals surface area (Å²) in [6, 6.07) is 0. The van der Waals surface area contributed by atoms with Gasteiger partial charge in [0, 0.05) is 17.3 Å². The fourth-order valence-corrected chi connectivity index (χ4v) is 3.70. The van der Waals surface area contributed by atoms with E-state index < -0.39 is 0 Å². The molecule has 1 atom stereocenters. The van der Waals surface area contributed by atoms with Crippen molar-refractivity contribution in [3.63, 3.8) is 0 Å². The van der Waals surface area contributed by atoms with Crippen molar-refractivity contribution >= 4 is 36.2 Å². The summed E-state index contributed by atoms with van der Waals surface area (Å²) in [5, 5.41) is 0.781. The summed E-state index contributed by atoms with van der Waals surface area (Å²) in [6.45, 7) is 0. The van der Waals surface area contributed by atoms with Crippen LogP contribution in [-0.2, 0) is 12.6 Å². The first kappa shape index (κ1) is 11.1. The minimum Gasteiger partial charge on any atom is -0.792 e. The van der Waals surface area contributed by atoms with Gasteiger partial charge in [0.05, 0.1) is 0 Å². The van der Waals surface area contributed by atoms with E-state index in [4.69, 9.17) is 12.6 Å². The molecule has 1 fully saturated rings. The van der Waals surface area contributed by atoms with Crippen molar-refractivity contribution in [3.05, 3.63) is 0 Å². The molecule has 1 rings (SSSR count). The summed E-state index contributed by atoms with van der Waals surface area (Å²) >= 11 is 9.02. The quantitative estimate of drug-likeness (QED) is 0.359. The van der Waals surface area contributed by atoms with E-state index in [0.29, 0.717) is 0 Å². The Labute approximate surface area is 93.0 Å². The summed E-state index contributed by atoms with van der Waals surface area (Å²) < 4.78 is 0. The zero-order chi connectivity index (χ0) is 5.82. The van der Waals surface area contributed by atoms with Crippen LogP contribution in [0.5, 0.6) is 0 Å². The Morgan fingerprint density at radius 2 is 2.22 bits per heavy atom. The second-order valence-electron chi connectivity index (χ2n) is 1.73. The van der Waals surface area contributed by atoms with Gasteiger partial charge in [-0.1, -0.05) is 0 Å². The first-order valence-electron chi connectivity index (χ1n) is 2.71. The third kappa shape index (κ3) is 4.49. The van der Waals surface area contributed by atoms with Crippen LogP contribution in [0.4, 0.5) is 0 Å². The van der Waals surface area contributed by atoms with Crippen LogP contribution in [-0.4, -0.2) is 28.3 Å². The maximum absolute atomic E-state index is 4.94. The van der Waals surface area contributed by atoms with E-state index in [0.717, 1.165) is 11.0 Å². The molecule has 1 heterocycles. The molecule has 1 aliphatic rings. The van der Waals surface area contributed by atoms with E-state index in [1.165, 1.54) is 17.3 Å². The Morgan fingerprint density at radius 3 is 2.56 bits per heavy atom. The normalized spacial score (nSPS) is 27.0. The average Bonchev–Trinajstić information content (AvgIpc) is 1.90. The zero-order valence-corrected chi connectivity index (χ0v) is 10.1. The minimum absolute atomic E-state index is 0. The largest absolute Gasteiger partial charge is 1.00 e. The van der Waals surface area contributed by atoms with Crippen LogP contribution >= 0.6 is 23.5 Å². The van der Waals surface area contributed by atoms with Crippen molar-refractivity contribution in [3.8, 4) is 0 Å². The van der Waals surface area contributed by atoms with Crippen LogP contribution in [0.2, 0.25) is 0 Å². The molecule has 1 saturated heterocycles. The molecule has 0 saturated carbocycles. The van der Waals surface area contributed by atoms with Gasteiger partial charge in [0.2, 0.25) is 0 Å². The maximum Gasteiger partial charge on any atom is 1.00 e. The Morgan fingerprint density at radius 1 is 1.44 bits per heavy atom. The predicted octanol–water partition coefficient (Wildman–Crippen LogP) is -1.61. The van der Waals surface area contributed by atoms with Gasteiger partial charge in [0.25, 0.3) is 0 Å². The summed E-state index contributed by atoms with van der Waals surface area (Å²) in [5.74, 6) is 4.87. The SMILES string of the molecule is [Na+].[S-]CC1CSCCS1. The molecule has 9 heavy (non-hydrogen) atoms. The second-order valence-corrected chi connectivity index (χ2v) is 4.63. The van der Waals surface area contributed by atoms with E-state index in [1.54, 1.807) is 0 Å². The van der Waals surface area contributed by atoms with E-state index in [1.807, 2.05) is 23.5 Å². The number of hydrogen-bond acceptors (Lipinski definition) is 3. The van der Waals surface area contributed by atoms with Gasteiger partial charge in [-0.25, -0.2) is 0 Å². The third-order valence-corrected chi connectivity index (χ3v) is 4.53. The molecule has 1 aliphatic heterocycles. The average molecular weight is 188 g/mol. The summed E-state index contributed by atoms with van der Waals surface area (Å²) in [6.07, 6.45) is 0. The summed E-state index contributed by atoms with van der Waals surface area (Å²) in [7, 11) is 0. The van der Waals surface area contributed by atoms with Gasteiger partial charge in [-0.05, 0) is 5.25 Å². The molecule has 0 radical (unpaired) electrons. The van der Waals surface area contributed by atoms with Crippen molar-refractivity contribution in [1.82, 2.24) is 0 Å². The molecule has 0 nitrogen and oxygen atoms in total. The number of hydrogen-bond donors (Lipinski definition) is 0. The van der Waals surface area contributed by atoms with Crippen molar-refractivity contribution in [2.75, 3.05) is 23.0 Å². The van der Waals surface area contributed by atoms with Crippen molar-refractivity contribution < 1.29 is 29.6 Å². The van der Waals surface area contributed by atoms with Crippen LogP contribution in [0, 0.1) is 0 Å². The molecule has 0 aromatic carbocycles. The third-order valence-electron chi connectivity index (χ3n) is 1.07. The Hall–Kier alpha value is 2.05.